The molecule has 0 radical (unpaired) electrons. The Bertz CT molecular complexity index is 281. The largest absolute Gasteiger partial charge is 0.481 e. The normalized spacial score (nSPS) is 21.5. The van der Waals surface area contributed by atoms with Crippen molar-refractivity contribution in [2.75, 3.05) is 26.2 Å². The number of amides is 1. The van der Waals surface area contributed by atoms with E-state index in [0.29, 0.717) is 19.2 Å². The van der Waals surface area contributed by atoms with Gasteiger partial charge >= 0.3 is 5.97 Å². The van der Waals surface area contributed by atoms with Gasteiger partial charge in [-0.25, -0.2) is 0 Å². The zero-order valence-electron chi connectivity index (χ0n) is 10.3. The number of carboxylic acids is 1. The standard InChI is InChI=1S/C11H20N2O4/c1-8(2)13-5-6-17-9(7-13)11(16)12-4-3-10(14)15/h8-9H,3-7H2,1-2H3,(H,12,16)(H,14,15)/t9-/m0/s1. The lowest BCUT2D eigenvalue weighted by Crippen LogP contribution is -2.51. The van der Waals surface area contributed by atoms with Crippen LogP contribution in [0.3, 0.4) is 0 Å². The van der Waals surface area contributed by atoms with Crippen LogP contribution >= 0.6 is 0 Å². The van der Waals surface area contributed by atoms with Gasteiger partial charge in [-0.05, 0) is 13.8 Å². The van der Waals surface area contributed by atoms with Crippen LogP contribution in [0.1, 0.15) is 20.3 Å². The second-order valence-electron chi connectivity index (χ2n) is 4.38. The third kappa shape index (κ3) is 4.70. The van der Waals surface area contributed by atoms with Crippen LogP contribution in [-0.4, -0.2) is 60.3 Å². The number of aliphatic carboxylic acids is 1. The summed E-state index contributed by atoms with van der Waals surface area (Å²) in [4.78, 5) is 24.2. The van der Waals surface area contributed by atoms with E-state index in [1.807, 2.05) is 0 Å². The predicted molar refractivity (Wildman–Crippen MR) is 61.7 cm³/mol. The zero-order valence-corrected chi connectivity index (χ0v) is 10.3. The third-order valence-electron chi connectivity index (χ3n) is 2.76. The van der Waals surface area contributed by atoms with Crippen LogP contribution < -0.4 is 5.32 Å². The molecule has 1 saturated heterocycles. The van der Waals surface area contributed by atoms with Crippen LogP contribution in [-0.2, 0) is 14.3 Å². The van der Waals surface area contributed by atoms with E-state index in [0.717, 1.165) is 6.54 Å². The van der Waals surface area contributed by atoms with Gasteiger partial charge in [-0.1, -0.05) is 0 Å². The number of rotatable bonds is 5. The van der Waals surface area contributed by atoms with E-state index in [9.17, 15) is 9.59 Å². The first-order valence-electron chi connectivity index (χ1n) is 5.86. The number of hydrogen-bond donors (Lipinski definition) is 2. The summed E-state index contributed by atoms with van der Waals surface area (Å²) in [5, 5.41) is 11.0. The van der Waals surface area contributed by atoms with Crippen LogP contribution in [0.5, 0.6) is 0 Å². The summed E-state index contributed by atoms with van der Waals surface area (Å²) in [5.74, 6) is -1.14. The average Bonchev–Trinajstić information content (AvgIpc) is 2.28. The van der Waals surface area contributed by atoms with Crippen LogP contribution in [0.4, 0.5) is 0 Å². The van der Waals surface area contributed by atoms with E-state index in [4.69, 9.17) is 9.84 Å². The van der Waals surface area contributed by atoms with E-state index < -0.39 is 12.1 Å². The summed E-state index contributed by atoms with van der Waals surface area (Å²) in [6.45, 7) is 6.23. The molecule has 1 rings (SSSR count). The molecule has 0 saturated carbocycles. The second-order valence-corrected chi connectivity index (χ2v) is 4.38. The molecule has 0 aromatic carbocycles. The molecule has 0 aromatic rings. The fraction of sp³-hybridized carbons (Fsp3) is 0.818. The van der Waals surface area contributed by atoms with Crippen LogP contribution in [0.2, 0.25) is 0 Å². The molecule has 1 fully saturated rings. The fourth-order valence-corrected chi connectivity index (χ4v) is 1.70. The Kier molecular flexibility index (Phi) is 5.37. The molecule has 1 heterocycles. The monoisotopic (exact) mass is 244 g/mol. The van der Waals surface area contributed by atoms with Crippen molar-refractivity contribution in [1.29, 1.82) is 0 Å². The molecular weight excluding hydrogens is 224 g/mol. The molecule has 1 aliphatic heterocycles. The van der Waals surface area contributed by atoms with Crippen molar-refractivity contribution >= 4 is 11.9 Å². The highest BCUT2D eigenvalue weighted by Gasteiger charge is 2.27. The maximum atomic E-state index is 11.7. The predicted octanol–water partition coefficient (Wildman–Crippen LogP) is -0.313. The number of nitrogens with zero attached hydrogens (tertiary/aromatic N) is 1. The minimum absolute atomic E-state index is 0.0631. The zero-order chi connectivity index (χ0) is 12.8. The number of carbonyl (C=O) groups excluding carboxylic acids is 1. The number of morpholine rings is 1. The molecule has 0 unspecified atom stereocenters. The Balaban J connectivity index is 2.33. The minimum Gasteiger partial charge on any atom is -0.481 e. The highest BCUT2D eigenvalue weighted by molar-refractivity contribution is 5.81. The summed E-state index contributed by atoms with van der Waals surface area (Å²) in [5.41, 5.74) is 0. The number of nitrogens with one attached hydrogen (secondary N) is 1. The van der Waals surface area contributed by atoms with E-state index in [1.165, 1.54) is 0 Å². The highest BCUT2D eigenvalue weighted by atomic mass is 16.5. The molecule has 1 atom stereocenters. The van der Waals surface area contributed by atoms with Gasteiger partial charge in [0.15, 0.2) is 0 Å². The van der Waals surface area contributed by atoms with Gasteiger partial charge in [0.1, 0.15) is 6.10 Å². The molecule has 17 heavy (non-hydrogen) atoms. The Morgan fingerprint density at radius 3 is 2.82 bits per heavy atom. The van der Waals surface area contributed by atoms with E-state index in [2.05, 4.69) is 24.1 Å². The molecule has 6 heteroatoms. The van der Waals surface area contributed by atoms with Crippen molar-refractivity contribution in [3.05, 3.63) is 0 Å². The average molecular weight is 244 g/mol. The molecule has 0 bridgehead atoms. The summed E-state index contributed by atoms with van der Waals surface area (Å²) >= 11 is 0. The molecule has 6 nitrogen and oxygen atoms in total. The van der Waals surface area contributed by atoms with E-state index >= 15 is 0 Å². The van der Waals surface area contributed by atoms with Crippen molar-refractivity contribution in [3.8, 4) is 0 Å². The van der Waals surface area contributed by atoms with Crippen LogP contribution in [0.15, 0.2) is 0 Å². The summed E-state index contributed by atoms with van der Waals surface area (Å²) in [6, 6.07) is 0.383. The number of hydrogen-bond acceptors (Lipinski definition) is 4. The first-order chi connectivity index (χ1) is 8.00. The van der Waals surface area contributed by atoms with Crippen molar-refractivity contribution < 1.29 is 19.4 Å². The van der Waals surface area contributed by atoms with Gasteiger partial charge in [-0.3, -0.25) is 14.5 Å². The first kappa shape index (κ1) is 13.9. The lowest BCUT2D eigenvalue weighted by molar-refractivity contribution is -0.140. The third-order valence-corrected chi connectivity index (χ3v) is 2.76. The van der Waals surface area contributed by atoms with E-state index in [1.54, 1.807) is 0 Å². The molecular formula is C11H20N2O4. The van der Waals surface area contributed by atoms with Gasteiger partial charge in [0.25, 0.3) is 0 Å². The van der Waals surface area contributed by atoms with Gasteiger partial charge in [0, 0.05) is 25.7 Å². The maximum Gasteiger partial charge on any atom is 0.305 e. The molecule has 1 aliphatic rings. The Labute approximate surface area is 101 Å². The van der Waals surface area contributed by atoms with Crippen LogP contribution in [0, 0.1) is 0 Å². The smallest absolute Gasteiger partial charge is 0.305 e. The molecule has 1 amide bonds. The number of carboxylic acid groups (broad SMARTS) is 1. The summed E-state index contributed by atoms with van der Waals surface area (Å²) in [6.07, 6.45) is -0.549. The molecule has 2 N–H and O–H groups in total. The number of carbonyl (C=O) groups is 2. The first-order valence-corrected chi connectivity index (χ1v) is 5.86. The Morgan fingerprint density at radius 2 is 2.24 bits per heavy atom. The molecule has 0 aromatic heterocycles. The van der Waals surface area contributed by atoms with Crippen molar-refractivity contribution in [2.24, 2.45) is 0 Å². The Morgan fingerprint density at radius 1 is 1.53 bits per heavy atom. The van der Waals surface area contributed by atoms with Gasteiger partial charge in [-0.2, -0.15) is 0 Å². The maximum absolute atomic E-state index is 11.7. The SMILES string of the molecule is CC(C)N1CCO[C@H](C(=O)NCCC(=O)O)C1. The highest BCUT2D eigenvalue weighted by Crippen LogP contribution is 2.08. The minimum atomic E-state index is -0.918. The number of ether oxygens (including phenoxy) is 1. The quantitative estimate of drug-likeness (QED) is 0.693. The molecule has 0 aliphatic carbocycles. The van der Waals surface area contributed by atoms with Crippen LogP contribution in [0.25, 0.3) is 0 Å². The van der Waals surface area contributed by atoms with E-state index in [-0.39, 0.29) is 18.9 Å². The lowest BCUT2D eigenvalue weighted by atomic mass is 10.2. The molecule has 0 spiro atoms. The van der Waals surface area contributed by atoms with Crippen molar-refractivity contribution in [2.45, 2.75) is 32.4 Å². The van der Waals surface area contributed by atoms with Crippen molar-refractivity contribution in [3.63, 3.8) is 0 Å². The van der Waals surface area contributed by atoms with Gasteiger partial charge in [-0.15, -0.1) is 0 Å². The molecule has 98 valence electrons. The Hall–Kier alpha value is -1.14. The second kappa shape index (κ2) is 6.56. The van der Waals surface area contributed by atoms with Crippen molar-refractivity contribution in [1.82, 2.24) is 10.2 Å². The topological polar surface area (TPSA) is 78.9 Å². The van der Waals surface area contributed by atoms with Gasteiger partial charge in [0.05, 0.1) is 13.0 Å². The lowest BCUT2D eigenvalue weighted by Gasteiger charge is -2.34. The fourth-order valence-electron chi connectivity index (χ4n) is 1.70. The van der Waals surface area contributed by atoms with Gasteiger partial charge in [0.2, 0.25) is 5.91 Å². The summed E-state index contributed by atoms with van der Waals surface area (Å²) < 4.78 is 5.38. The van der Waals surface area contributed by atoms with Gasteiger partial charge < -0.3 is 15.2 Å². The summed E-state index contributed by atoms with van der Waals surface area (Å²) in [7, 11) is 0.